The normalized spacial score (nSPS) is 15.4. The van der Waals surface area contributed by atoms with Gasteiger partial charge < -0.3 is 14.2 Å². The Morgan fingerprint density at radius 3 is 2.64 bits per heavy atom. The van der Waals surface area contributed by atoms with Crippen LogP contribution in [0.3, 0.4) is 0 Å². The average molecular weight is 489 g/mol. The van der Waals surface area contributed by atoms with Gasteiger partial charge in [0.1, 0.15) is 6.33 Å². The number of nitrogens with zero attached hydrogens (tertiary/aromatic N) is 6. The molecule has 8 nitrogen and oxygen atoms in total. The first kappa shape index (κ1) is 24.5. The van der Waals surface area contributed by atoms with Crippen molar-refractivity contribution in [2.45, 2.75) is 45.3 Å². The van der Waals surface area contributed by atoms with Crippen LogP contribution in [-0.4, -0.2) is 75.7 Å². The molecule has 0 spiro atoms. The summed E-state index contributed by atoms with van der Waals surface area (Å²) < 4.78 is 9.94. The van der Waals surface area contributed by atoms with E-state index in [0.29, 0.717) is 25.1 Å². The lowest BCUT2D eigenvalue weighted by Crippen LogP contribution is -2.41. The van der Waals surface area contributed by atoms with Crippen LogP contribution in [0.25, 0.3) is 27.8 Å². The molecule has 1 aliphatic heterocycles. The molecule has 1 saturated heterocycles. The second kappa shape index (κ2) is 10.0. The van der Waals surface area contributed by atoms with Crippen molar-refractivity contribution in [2.24, 2.45) is 0 Å². The molecule has 1 fully saturated rings. The van der Waals surface area contributed by atoms with Gasteiger partial charge in [-0.3, -0.25) is 9.69 Å². The number of likely N-dealkylation sites (N-methyl/N-ethyl adjacent to an activating group) is 1. The van der Waals surface area contributed by atoms with E-state index in [1.165, 1.54) is 22.2 Å². The molecule has 0 radical (unpaired) electrons. The predicted molar refractivity (Wildman–Crippen MR) is 142 cm³/mol. The summed E-state index contributed by atoms with van der Waals surface area (Å²) in [5, 5.41) is 5.77. The van der Waals surface area contributed by atoms with Gasteiger partial charge in [0.2, 0.25) is 5.91 Å². The van der Waals surface area contributed by atoms with E-state index >= 15 is 0 Å². The van der Waals surface area contributed by atoms with Crippen LogP contribution in [-0.2, 0) is 16.1 Å². The number of hydrogen-bond acceptors (Lipinski definition) is 5. The van der Waals surface area contributed by atoms with E-state index in [-0.39, 0.29) is 5.91 Å². The van der Waals surface area contributed by atoms with Crippen molar-refractivity contribution in [3.05, 3.63) is 54.0 Å². The zero-order valence-electron chi connectivity index (χ0n) is 21.9. The van der Waals surface area contributed by atoms with E-state index in [0.717, 1.165) is 42.7 Å². The summed E-state index contributed by atoms with van der Waals surface area (Å²) in [7, 11) is 5.36. The average Bonchev–Trinajstić information content (AvgIpc) is 3.47. The molecule has 1 aromatic carbocycles. The molecule has 3 aromatic heterocycles. The fourth-order valence-electron chi connectivity index (χ4n) is 5.60. The molecular formula is C28H36N6O2. The van der Waals surface area contributed by atoms with E-state index in [1.54, 1.807) is 18.3 Å². The summed E-state index contributed by atoms with van der Waals surface area (Å²) in [5.74, 6) is 0.510. The number of pyridine rings is 1. The topological polar surface area (TPSA) is 67.9 Å². The van der Waals surface area contributed by atoms with Gasteiger partial charge in [-0.05, 0) is 36.5 Å². The molecule has 36 heavy (non-hydrogen) atoms. The molecule has 0 saturated carbocycles. The van der Waals surface area contributed by atoms with Crippen LogP contribution in [0, 0.1) is 0 Å². The third kappa shape index (κ3) is 4.40. The lowest BCUT2D eigenvalue weighted by molar-refractivity contribution is -0.130. The highest BCUT2D eigenvalue weighted by Gasteiger charge is 2.29. The van der Waals surface area contributed by atoms with Crippen LogP contribution in [0.2, 0.25) is 0 Å². The second-order valence-electron chi connectivity index (χ2n) is 10.3. The number of fused-ring (bicyclic) bond motifs is 2. The molecular weight excluding hydrogens is 452 g/mol. The van der Waals surface area contributed by atoms with Crippen molar-refractivity contribution >= 4 is 22.5 Å². The second-order valence-corrected chi connectivity index (χ2v) is 10.3. The number of carbonyl (C=O) groups excluding carboxylic acids is 1. The van der Waals surface area contributed by atoms with Crippen LogP contribution in [0.5, 0.6) is 0 Å². The maximum atomic E-state index is 12.3. The molecule has 5 rings (SSSR count). The van der Waals surface area contributed by atoms with Gasteiger partial charge >= 0.3 is 0 Å². The Labute approximate surface area is 212 Å². The number of carbonyl (C=O) groups is 1. The molecule has 0 aliphatic carbocycles. The highest BCUT2D eigenvalue weighted by Crippen LogP contribution is 2.42. The summed E-state index contributed by atoms with van der Waals surface area (Å²) in [6.07, 6.45) is 5.70. The number of ether oxygens (including phenoxy) is 1. The first-order valence-electron chi connectivity index (χ1n) is 12.8. The van der Waals surface area contributed by atoms with Gasteiger partial charge in [-0.25, -0.2) is 9.50 Å². The molecule has 190 valence electrons. The molecule has 1 amide bonds. The standard InChI is InChI=1S/C28H36N6O2/c1-19(2)26-23-8-6-7-9-24(23)34(22-10-12-32(13-11-22)16-25(35)31(3)4)27(26)20-14-21(17-36-5)28-29-18-30-33(28)15-20/h6-9,14-15,18-19,22H,10-13,16-17H2,1-5H3. The maximum Gasteiger partial charge on any atom is 0.236 e. The van der Waals surface area contributed by atoms with Crippen molar-refractivity contribution in [1.29, 1.82) is 0 Å². The minimum absolute atomic E-state index is 0.162. The Morgan fingerprint density at radius 2 is 1.94 bits per heavy atom. The zero-order chi connectivity index (χ0) is 25.4. The summed E-state index contributed by atoms with van der Waals surface area (Å²) in [6.45, 7) is 7.32. The Bertz CT molecular complexity index is 1380. The highest BCUT2D eigenvalue weighted by molar-refractivity contribution is 5.93. The van der Waals surface area contributed by atoms with Crippen molar-refractivity contribution < 1.29 is 9.53 Å². The van der Waals surface area contributed by atoms with Crippen molar-refractivity contribution in [3.63, 3.8) is 0 Å². The first-order chi connectivity index (χ1) is 17.4. The molecule has 0 unspecified atom stereocenters. The van der Waals surface area contributed by atoms with Crippen LogP contribution in [0.1, 0.15) is 49.8 Å². The Balaban J connectivity index is 1.63. The minimum Gasteiger partial charge on any atom is -0.380 e. The fraction of sp³-hybridized carbons (Fsp3) is 0.464. The molecule has 0 bridgehead atoms. The number of hydrogen-bond donors (Lipinski definition) is 0. The Kier molecular flexibility index (Phi) is 6.81. The van der Waals surface area contributed by atoms with Crippen molar-refractivity contribution in [1.82, 2.24) is 29.0 Å². The Hall–Kier alpha value is -3.23. The minimum atomic E-state index is 0.162. The number of amides is 1. The number of methoxy groups -OCH3 is 1. The summed E-state index contributed by atoms with van der Waals surface area (Å²) in [6, 6.07) is 11.3. The van der Waals surface area contributed by atoms with Gasteiger partial charge in [0.15, 0.2) is 5.65 Å². The molecule has 0 atom stereocenters. The van der Waals surface area contributed by atoms with E-state index in [2.05, 4.69) is 69.9 Å². The zero-order valence-corrected chi connectivity index (χ0v) is 21.9. The monoisotopic (exact) mass is 488 g/mol. The fourth-order valence-corrected chi connectivity index (χ4v) is 5.60. The smallest absolute Gasteiger partial charge is 0.236 e. The van der Waals surface area contributed by atoms with Crippen molar-refractivity contribution in [2.75, 3.05) is 40.8 Å². The van der Waals surface area contributed by atoms with Crippen molar-refractivity contribution in [3.8, 4) is 11.3 Å². The first-order valence-corrected chi connectivity index (χ1v) is 12.8. The van der Waals surface area contributed by atoms with Gasteiger partial charge in [-0.2, -0.15) is 5.10 Å². The molecule has 4 heterocycles. The third-order valence-electron chi connectivity index (χ3n) is 7.33. The number of aromatic nitrogens is 4. The molecule has 4 aromatic rings. The largest absolute Gasteiger partial charge is 0.380 e. The number of para-hydroxylation sites is 1. The van der Waals surface area contributed by atoms with Gasteiger partial charge in [0.05, 0.1) is 18.8 Å². The Morgan fingerprint density at radius 1 is 1.19 bits per heavy atom. The van der Waals surface area contributed by atoms with Gasteiger partial charge in [-0.15, -0.1) is 0 Å². The van der Waals surface area contributed by atoms with Crippen LogP contribution in [0.15, 0.2) is 42.9 Å². The summed E-state index contributed by atoms with van der Waals surface area (Å²) in [5.41, 5.74) is 6.86. The summed E-state index contributed by atoms with van der Waals surface area (Å²) in [4.78, 5) is 20.7. The van der Waals surface area contributed by atoms with Crippen LogP contribution in [0.4, 0.5) is 0 Å². The van der Waals surface area contributed by atoms with Gasteiger partial charge in [0, 0.05) is 68.6 Å². The van der Waals surface area contributed by atoms with E-state index < -0.39 is 0 Å². The molecule has 8 heteroatoms. The van der Waals surface area contributed by atoms with E-state index in [9.17, 15) is 4.79 Å². The van der Waals surface area contributed by atoms with Crippen LogP contribution >= 0.6 is 0 Å². The maximum absolute atomic E-state index is 12.3. The number of likely N-dealkylation sites (tertiary alicyclic amines) is 1. The van der Waals surface area contributed by atoms with Gasteiger partial charge in [0.25, 0.3) is 0 Å². The predicted octanol–water partition coefficient (Wildman–Crippen LogP) is 4.35. The lowest BCUT2D eigenvalue weighted by atomic mass is 9.95. The molecule has 1 aliphatic rings. The summed E-state index contributed by atoms with van der Waals surface area (Å²) >= 11 is 0. The van der Waals surface area contributed by atoms with E-state index in [1.807, 2.05) is 18.6 Å². The lowest BCUT2D eigenvalue weighted by Gasteiger charge is -2.34. The third-order valence-corrected chi connectivity index (χ3v) is 7.33. The SMILES string of the molecule is COCc1cc(-c2c(C(C)C)c3ccccc3n2C2CCN(CC(=O)N(C)C)CC2)cn2ncnc12. The molecule has 0 N–H and O–H groups in total. The highest BCUT2D eigenvalue weighted by atomic mass is 16.5. The number of piperidine rings is 1. The van der Waals surface area contributed by atoms with Gasteiger partial charge in [-0.1, -0.05) is 32.0 Å². The van der Waals surface area contributed by atoms with E-state index in [4.69, 9.17) is 4.74 Å². The van der Waals surface area contributed by atoms with Crippen LogP contribution < -0.4 is 0 Å². The number of benzene rings is 1. The number of rotatable bonds is 7. The quantitative estimate of drug-likeness (QED) is 0.387.